The summed E-state index contributed by atoms with van der Waals surface area (Å²) >= 11 is 1.77. The molecule has 1 saturated heterocycles. The first-order chi connectivity index (χ1) is 8.79. The van der Waals surface area contributed by atoms with Gasteiger partial charge in [0.05, 0.1) is 18.2 Å². The van der Waals surface area contributed by atoms with Crippen LogP contribution in [0.1, 0.15) is 16.8 Å². The van der Waals surface area contributed by atoms with Gasteiger partial charge in [-0.05, 0) is 6.42 Å². The van der Waals surface area contributed by atoms with E-state index in [0.29, 0.717) is 12.5 Å². The summed E-state index contributed by atoms with van der Waals surface area (Å²) in [7, 11) is 0. The first kappa shape index (κ1) is 16.6. The monoisotopic (exact) mass is 396 g/mol. The van der Waals surface area contributed by atoms with Crippen molar-refractivity contribution in [3.63, 3.8) is 0 Å². The number of aryl methyl sites for hydroxylation is 1. The standard InChI is InChI=1S/C12H20N4OS.HI/c1-2-10-9-15-11(18-10)3-4-14-12(13)16-5-7-17-8-6-16;/h9H,2-8H2,1H3,(H2,13,14);1H. The van der Waals surface area contributed by atoms with Crippen LogP contribution in [-0.2, 0) is 17.6 Å². The van der Waals surface area contributed by atoms with Gasteiger partial charge in [-0.3, -0.25) is 4.99 Å². The summed E-state index contributed by atoms with van der Waals surface area (Å²) in [6.45, 7) is 6.01. The SMILES string of the molecule is CCc1cnc(CCN=C(N)N2CCOCC2)s1.I. The third-order valence-corrected chi connectivity index (χ3v) is 4.09. The number of guanidine groups is 1. The van der Waals surface area contributed by atoms with E-state index >= 15 is 0 Å². The Hall–Kier alpha value is -0.410. The highest BCUT2D eigenvalue weighted by Gasteiger charge is 2.11. The molecule has 2 rings (SSSR count). The van der Waals surface area contributed by atoms with Crippen LogP contribution >= 0.6 is 35.3 Å². The van der Waals surface area contributed by atoms with Crippen LogP contribution in [0.3, 0.4) is 0 Å². The predicted octanol–water partition coefficient (Wildman–Crippen LogP) is 1.51. The first-order valence-electron chi connectivity index (χ1n) is 6.35. The molecule has 0 bridgehead atoms. The summed E-state index contributed by atoms with van der Waals surface area (Å²) in [5, 5.41) is 1.14. The Labute approximate surface area is 135 Å². The average Bonchev–Trinajstić information content (AvgIpc) is 2.87. The van der Waals surface area contributed by atoms with E-state index in [1.54, 1.807) is 11.3 Å². The van der Waals surface area contributed by atoms with Crippen LogP contribution in [0, 0.1) is 0 Å². The highest BCUT2D eigenvalue weighted by Crippen LogP contribution is 2.13. The maximum atomic E-state index is 5.95. The molecule has 0 atom stereocenters. The summed E-state index contributed by atoms with van der Waals surface area (Å²) < 4.78 is 5.28. The molecule has 0 spiro atoms. The minimum absolute atomic E-state index is 0. The molecule has 0 radical (unpaired) electrons. The fraction of sp³-hybridized carbons (Fsp3) is 0.667. The molecule has 19 heavy (non-hydrogen) atoms. The van der Waals surface area contributed by atoms with E-state index in [4.69, 9.17) is 10.5 Å². The number of nitrogens with two attached hydrogens (primary N) is 1. The van der Waals surface area contributed by atoms with Crippen molar-refractivity contribution in [3.8, 4) is 0 Å². The molecule has 0 aliphatic carbocycles. The van der Waals surface area contributed by atoms with E-state index in [1.807, 2.05) is 6.20 Å². The molecule has 108 valence electrons. The molecular weight excluding hydrogens is 375 g/mol. The van der Waals surface area contributed by atoms with Crippen LogP contribution in [-0.4, -0.2) is 48.7 Å². The lowest BCUT2D eigenvalue weighted by atomic mass is 10.4. The minimum Gasteiger partial charge on any atom is -0.378 e. The second-order valence-electron chi connectivity index (χ2n) is 4.16. The van der Waals surface area contributed by atoms with Crippen LogP contribution in [0.15, 0.2) is 11.2 Å². The zero-order valence-electron chi connectivity index (χ0n) is 11.2. The largest absolute Gasteiger partial charge is 0.378 e. The Kier molecular flexibility index (Phi) is 7.62. The average molecular weight is 396 g/mol. The lowest BCUT2D eigenvalue weighted by Crippen LogP contribution is -2.44. The lowest BCUT2D eigenvalue weighted by molar-refractivity contribution is 0.0674. The Morgan fingerprint density at radius 2 is 2.26 bits per heavy atom. The molecule has 2 heterocycles. The van der Waals surface area contributed by atoms with Gasteiger partial charge in [-0.15, -0.1) is 35.3 Å². The molecule has 5 nitrogen and oxygen atoms in total. The van der Waals surface area contributed by atoms with Gasteiger partial charge in [-0.25, -0.2) is 4.98 Å². The lowest BCUT2D eigenvalue weighted by Gasteiger charge is -2.27. The smallest absolute Gasteiger partial charge is 0.191 e. The number of ether oxygens (including phenoxy) is 1. The number of hydrogen-bond donors (Lipinski definition) is 1. The first-order valence-corrected chi connectivity index (χ1v) is 7.17. The molecule has 0 aromatic carbocycles. The number of aliphatic imine (C=N–C) groups is 1. The van der Waals surface area contributed by atoms with Gasteiger partial charge in [0.1, 0.15) is 0 Å². The molecule has 7 heteroatoms. The minimum atomic E-state index is 0. The summed E-state index contributed by atoms with van der Waals surface area (Å²) in [5.41, 5.74) is 5.95. The van der Waals surface area contributed by atoms with E-state index in [-0.39, 0.29) is 24.0 Å². The molecule has 1 aliphatic heterocycles. The Bertz CT molecular complexity index is 404. The highest BCUT2D eigenvalue weighted by atomic mass is 127. The molecule has 0 unspecified atom stereocenters. The van der Waals surface area contributed by atoms with E-state index < -0.39 is 0 Å². The maximum absolute atomic E-state index is 5.95. The second-order valence-corrected chi connectivity index (χ2v) is 5.36. The van der Waals surface area contributed by atoms with Crippen LogP contribution < -0.4 is 5.73 Å². The summed E-state index contributed by atoms with van der Waals surface area (Å²) in [4.78, 5) is 12.2. The Balaban J connectivity index is 0.00000180. The number of rotatable bonds is 4. The van der Waals surface area contributed by atoms with E-state index in [0.717, 1.165) is 44.2 Å². The van der Waals surface area contributed by atoms with Crippen molar-refractivity contribution in [2.24, 2.45) is 10.7 Å². The fourth-order valence-electron chi connectivity index (χ4n) is 1.79. The molecule has 2 N–H and O–H groups in total. The number of aromatic nitrogens is 1. The number of halogens is 1. The topological polar surface area (TPSA) is 63.7 Å². The van der Waals surface area contributed by atoms with E-state index in [2.05, 4.69) is 21.8 Å². The van der Waals surface area contributed by atoms with Crippen molar-refractivity contribution in [2.45, 2.75) is 19.8 Å². The third kappa shape index (κ3) is 5.23. The van der Waals surface area contributed by atoms with Crippen LogP contribution in [0.2, 0.25) is 0 Å². The van der Waals surface area contributed by atoms with Gasteiger partial charge >= 0.3 is 0 Å². The second kappa shape index (κ2) is 8.70. The molecular formula is C12H21IN4OS. The van der Waals surface area contributed by atoms with Gasteiger partial charge in [0.2, 0.25) is 0 Å². The van der Waals surface area contributed by atoms with E-state index in [1.165, 1.54) is 4.88 Å². The zero-order valence-corrected chi connectivity index (χ0v) is 14.3. The van der Waals surface area contributed by atoms with Crippen molar-refractivity contribution in [1.82, 2.24) is 9.88 Å². The molecule has 1 aromatic rings. The van der Waals surface area contributed by atoms with Gasteiger partial charge in [-0.1, -0.05) is 6.92 Å². The normalized spacial score (nSPS) is 16.3. The number of nitrogens with zero attached hydrogens (tertiary/aromatic N) is 3. The highest BCUT2D eigenvalue weighted by molar-refractivity contribution is 14.0. The van der Waals surface area contributed by atoms with Crippen molar-refractivity contribution < 1.29 is 4.74 Å². The van der Waals surface area contributed by atoms with Crippen molar-refractivity contribution in [2.75, 3.05) is 32.8 Å². The number of morpholine rings is 1. The molecule has 1 aliphatic rings. The van der Waals surface area contributed by atoms with Crippen molar-refractivity contribution in [1.29, 1.82) is 0 Å². The molecule has 0 saturated carbocycles. The summed E-state index contributed by atoms with van der Waals surface area (Å²) in [6, 6.07) is 0. The van der Waals surface area contributed by atoms with Gasteiger partial charge in [0.15, 0.2) is 5.96 Å². The summed E-state index contributed by atoms with van der Waals surface area (Å²) in [6.07, 6.45) is 3.88. The predicted molar refractivity (Wildman–Crippen MR) is 89.5 cm³/mol. The third-order valence-electron chi connectivity index (χ3n) is 2.88. The Morgan fingerprint density at radius 1 is 1.53 bits per heavy atom. The van der Waals surface area contributed by atoms with Gasteiger partial charge < -0.3 is 15.4 Å². The zero-order chi connectivity index (χ0) is 12.8. The van der Waals surface area contributed by atoms with Crippen molar-refractivity contribution >= 4 is 41.3 Å². The summed E-state index contributed by atoms with van der Waals surface area (Å²) in [5.74, 6) is 0.630. The Morgan fingerprint density at radius 3 is 2.89 bits per heavy atom. The van der Waals surface area contributed by atoms with Gasteiger partial charge in [-0.2, -0.15) is 0 Å². The van der Waals surface area contributed by atoms with Crippen LogP contribution in [0.25, 0.3) is 0 Å². The molecule has 1 aromatic heterocycles. The maximum Gasteiger partial charge on any atom is 0.191 e. The fourth-order valence-corrected chi connectivity index (χ4v) is 2.64. The van der Waals surface area contributed by atoms with Gasteiger partial charge in [0.25, 0.3) is 0 Å². The van der Waals surface area contributed by atoms with Gasteiger partial charge in [0, 0.05) is 37.1 Å². The molecule has 1 fully saturated rings. The van der Waals surface area contributed by atoms with Crippen LogP contribution in [0.4, 0.5) is 0 Å². The number of thiazole rings is 1. The van der Waals surface area contributed by atoms with E-state index in [9.17, 15) is 0 Å². The molecule has 0 amide bonds. The van der Waals surface area contributed by atoms with Crippen molar-refractivity contribution in [3.05, 3.63) is 16.1 Å². The number of hydrogen-bond acceptors (Lipinski definition) is 4. The quantitative estimate of drug-likeness (QED) is 0.476. The van der Waals surface area contributed by atoms with Crippen LogP contribution in [0.5, 0.6) is 0 Å².